The lowest BCUT2D eigenvalue weighted by molar-refractivity contribution is 0.101. The molecule has 9 heteroatoms. The number of nitrogens with zero attached hydrogens (tertiary/aromatic N) is 4. The van der Waals surface area contributed by atoms with Crippen LogP contribution in [0, 0.1) is 13.8 Å². The highest BCUT2D eigenvalue weighted by molar-refractivity contribution is 6.04. The SMILES string of the molecule is CCOc1cn(CC(C)N)nc1C(=O)Nc1ccc(Oc2ccnc3cc(C)c(C)cc23)cn1. The summed E-state index contributed by atoms with van der Waals surface area (Å²) >= 11 is 0. The van der Waals surface area contributed by atoms with Gasteiger partial charge in [0.05, 0.1) is 31.1 Å². The summed E-state index contributed by atoms with van der Waals surface area (Å²) in [5, 5.41) is 8.00. The van der Waals surface area contributed by atoms with E-state index >= 15 is 0 Å². The first kappa shape index (κ1) is 23.2. The van der Waals surface area contributed by atoms with Gasteiger partial charge in [-0.15, -0.1) is 0 Å². The third-order valence-corrected chi connectivity index (χ3v) is 5.24. The van der Waals surface area contributed by atoms with E-state index in [1.165, 1.54) is 5.56 Å². The van der Waals surface area contributed by atoms with Gasteiger partial charge in [-0.1, -0.05) is 0 Å². The third-order valence-electron chi connectivity index (χ3n) is 5.24. The third kappa shape index (κ3) is 5.15. The quantitative estimate of drug-likeness (QED) is 0.404. The molecule has 4 aromatic rings. The van der Waals surface area contributed by atoms with Gasteiger partial charge in [0.2, 0.25) is 0 Å². The van der Waals surface area contributed by atoms with Gasteiger partial charge in [0.15, 0.2) is 11.4 Å². The van der Waals surface area contributed by atoms with Crippen LogP contribution in [0.15, 0.2) is 48.9 Å². The molecule has 3 heterocycles. The number of nitrogens with one attached hydrogen (secondary N) is 1. The fraction of sp³-hybridized carbons (Fsp3) is 0.280. The molecule has 0 spiro atoms. The zero-order valence-corrected chi connectivity index (χ0v) is 19.7. The van der Waals surface area contributed by atoms with E-state index in [4.69, 9.17) is 15.2 Å². The molecule has 0 bridgehead atoms. The highest BCUT2D eigenvalue weighted by atomic mass is 16.5. The van der Waals surface area contributed by atoms with Crippen molar-refractivity contribution >= 4 is 22.6 Å². The maximum absolute atomic E-state index is 12.8. The average Bonchev–Trinajstić information content (AvgIpc) is 3.18. The van der Waals surface area contributed by atoms with Crippen LogP contribution >= 0.6 is 0 Å². The number of carbonyl (C=O) groups excluding carboxylic acids is 1. The first-order valence-corrected chi connectivity index (χ1v) is 11.1. The largest absolute Gasteiger partial charge is 0.490 e. The summed E-state index contributed by atoms with van der Waals surface area (Å²) < 4.78 is 13.2. The van der Waals surface area contributed by atoms with Gasteiger partial charge in [-0.25, -0.2) is 4.98 Å². The Hall–Kier alpha value is -3.98. The number of benzene rings is 1. The van der Waals surface area contributed by atoms with Crippen LogP contribution in [0.3, 0.4) is 0 Å². The van der Waals surface area contributed by atoms with Gasteiger partial charge in [0.1, 0.15) is 17.3 Å². The van der Waals surface area contributed by atoms with E-state index in [1.807, 2.05) is 26.0 Å². The number of anilines is 1. The number of amides is 1. The number of nitrogens with two attached hydrogens (primary N) is 1. The lowest BCUT2D eigenvalue weighted by Gasteiger charge is -2.11. The normalized spacial score (nSPS) is 11.9. The van der Waals surface area contributed by atoms with E-state index in [1.54, 1.807) is 35.4 Å². The number of fused-ring (bicyclic) bond motifs is 1. The van der Waals surface area contributed by atoms with Crippen molar-refractivity contribution in [3.63, 3.8) is 0 Å². The number of aromatic nitrogens is 4. The molecule has 1 amide bonds. The molecule has 1 atom stereocenters. The van der Waals surface area contributed by atoms with Crippen LogP contribution in [-0.2, 0) is 6.54 Å². The van der Waals surface area contributed by atoms with E-state index in [0.717, 1.165) is 16.5 Å². The summed E-state index contributed by atoms with van der Waals surface area (Å²) in [6, 6.07) is 9.24. The minimum Gasteiger partial charge on any atom is -0.490 e. The number of ether oxygens (including phenoxy) is 2. The maximum atomic E-state index is 12.8. The van der Waals surface area contributed by atoms with E-state index < -0.39 is 5.91 Å². The molecule has 0 aliphatic heterocycles. The van der Waals surface area contributed by atoms with Crippen molar-refractivity contribution in [2.24, 2.45) is 5.73 Å². The maximum Gasteiger partial charge on any atom is 0.281 e. The molecular weight excluding hydrogens is 432 g/mol. The zero-order valence-electron chi connectivity index (χ0n) is 19.7. The Morgan fingerprint density at radius 2 is 1.94 bits per heavy atom. The van der Waals surface area contributed by atoms with Crippen molar-refractivity contribution in [2.45, 2.75) is 40.3 Å². The number of aryl methyl sites for hydroxylation is 2. The molecule has 9 nitrogen and oxygen atoms in total. The molecule has 3 N–H and O–H groups in total. The molecule has 34 heavy (non-hydrogen) atoms. The van der Waals surface area contributed by atoms with Crippen LogP contribution in [-0.4, -0.2) is 38.3 Å². The van der Waals surface area contributed by atoms with Crippen LogP contribution in [0.4, 0.5) is 5.82 Å². The lowest BCUT2D eigenvalue weighted by Crippen LogP contribution is -2.23. The highest BCUT2D eigenvalue weighted by Gasteiger charge is 2.19. The van der Waals surface area contributed by atoms with Crippen LogP contribution in [0.25, 0.3) is 10.9 Å². The molecule has 1 unspecified atom stereocenters. The monoisotopic (exact) mass is 460 g/mol. The predicted molar refractivity (Wildman–Crippen MR) is 131 cm³/mol. The Morgan fingerprint density at radius 1 is 1.15 bits per heavy atom. The van der Waals surface area contributed by atoms with Gasteiger partial charge in [-0.05, 0) is 69.2 Å². The predicted octanol–water partition coefficient (Wildman–Crippen LogP) is 4.23. The summed E-state index contributed by atoms with van der Waals surface area (Å²) in [4.78, 5) is 21.6. The lowest BCUT2D eigenvalue weighted by atomic mass is 10.1. The minimum atomic E-state index is -0.418. The number of pyridine rings is 2. The summed E-state index contributed by atoms with van der Waals surface area (Å²) in [7, 11) is 0. The number of hydrogen-bond donors (Lipinski definition) is 2. The van der Waals surface area contributed by atoms with Crippen LogP contribution in [0.5, 0.6) is 17.2 Å². The second-order valence-electron chi connectivity index (χ2n) is 8.17. The van der Waals surface area contributed by atoms with Gasteiger partial charge < -0.3 is 20.5 Å². The molecule has 176 valence electrons. The van der Waals surface area contributed by atoms with Crippen molar-refractivity contribution in [2.75, 3.05) is 11.9 Å². The molecule has 1 aromatic carbocycles. The van der Waals surface area contributed by atoms with Gasteiger partial charge >= 0.3 is 0 Å². The minimum absolute atomic E-state index is 0.107. The topological polar surface area (TPSA) is 117 Å². The molecule has 0 saturated carbocycles. The molecule has 0 aliphatic rings. The van der Waals surface area contributed by atoms with Gasteiger partial charge in [0.25, 0.3) is 5.91 Å². The van der Waals surface area contributed by atoms with Crippen LogP contribution in [0.2, 0.25) is 0 Å². The Balaban J connectivity index is 1.50. The Morgan fingerprint density at radius 3 is 2.65 bits per heavy atom. The Labute approximate surface area is 197 Å². The molecule has 4 rings (SSSR count). The van der Waals surface area contributed by atoms with E-state index in [0.29, 0.717) is 36.2 Å². The fourth-order valence-electron chi connectivity index (χ4n) is 3.50. The molecule has 0 radical (unpaired) electrons. The fourth-order valence-corrected chi connectivity index (χ4v) is 3.50. The average molecular weight is 461 g/mol. The van der Waals surface area contributed by atoms with Crippen molar-refractivity contribution < 1.29 is 14.3 Å². The molecule has 0 aliphatic carbocycles. The summed E-state index contributed by atoms with van der Waals surface area (Å²) in [5.74, 6) is 1.58. The Kier molecular flexibility index (Phi) is 6.74. The zero-order chi connectivity index (χ0) is 24.2. The molecular formula is C25H28N6O3. The number of carbonyl (C=O) groups is 1. The van der Waals surface area contributed by atoms with E-state index in [-0.39, 0.29) is 11.7 Å². The smallest absolute Gasteiger partial charge is 0.281 e. The number of hydrogen-bond acceptors (Lipinski definition) is 7. The standard InChI is InChI=1S/C25H28N6O3/c1-5-33-22-14-31(13-17(4)26)30-24(22)25(32)29-23-7-6-18(12-28-23)34-21-8-9-27-20-11-16(3)15(2)10-19(20)21/h6-12,14,17H,5,13,26H2,1-4H3,(H,28,29,32). The summed E-state index contributed by atoms with van der Waals surface area (Å²) in [6.45, 7) is 8.71. The van der Waals surface area contributed by atoms with Crippen molar-refractivity contribution in [1.82, 2.24) is 19.7 Å². The van der Waals surface area contributed by atoms with Gasteiger partial charge in [-0.3, -0.25) is 14.5 Å². The van der Waals surface area contributed by atoms with E-state index in [2.05, 4.69) is 40.3 Å². The first-order chi connectivity index (χ1) is 16.3. The van der Waals surface area contributed by atoms with Crippen molar-refractivity contribution in [1.29, 1.82) is 0 Å². The number of rotatable bonds is 8. The van der Waals surface area contributed by atoms with Gasteiger partial charge in [0, 0.05) is 17.6 Å². The van der Waals surface area contributed by atoms with Crippen molar-refractivity contribution in [3.05, 3.63) is 65.7 Å². The molecule has 3 aromatic heterocycles. The van der Waals surface area contributed by atoms with E-state index in [9.17, 15) is 4.79 Å². The van der Waals surface area contributed by atoms with Gasteiger partial charge in [-0.2, -0.15) is 5.10 Å². The van der Waals surface area contributed by atoms with Crippen LogP contribution < -0.4 is 20.5 Å². The van der Waals surface area contributed by atoms with Crippen LogP contribution in [0.1, 0.15) is 35.5 Å². The highest BCUT2D eigenvalue weighted by Crippen LogP contribution is 2.30. The molecule has 0 saturated heterocycles. The second-order valence-corrected chi connectivity index (χ2v) is 8.17. The van der Waals surface area contributed by atoms with Crippen molar-refractivity contribution in [3.8, 4) is 17.2 Å². The molecule has 0 fully saturated rings. The Bertz CT molecular complexity index is 1310. The second kappa shape index (κ2) is 9.88. The summed E-state index contributed by atoms with van der Waals surface area (Å²) in [6.07, 6.45) is 4.95. The first-order valence-electron chi connectivity index (χ1n) is 11.1. The summed E-state index contributed by atoms with van der Waals surface area (Å²) in [5.41, 5.74) is 9.23.